The first-order chi connectivity index (χ1) is 12.0. The summed E-state index contributed by atoms with van der Waals surface area (Å²) in [5.74, 6) is -0.172. The Bertz CT molecular complexity index is 781. The number of aryl methyl sites for hydroxylation is 2. The zero-order valence-corrected chi connectivity index (χ0v) is 16.4. The number of thiophene rings is 1. The molecule has 1 unspecified atom stereocenters. The number of nitrogens with zero attached hydrogens (tertiary/aromatic N) is 2. The summed E-state index contributed by atoms with van der Waals surface area (Å²) in [6.07, 6.45) is 2.39. The first-order valence-electron chi connectivity index (χ1n) is 8.58. The molecule has 2 aromatic rings. The van der Waals surface area contributed by atoms with Crippen molar-refractivity contribution in [1.29, 1.82) is 0 Å². The Labute approximate surface area is 156 Å². The van der Waals surface area contributed by atoms with Gasteiger partial charge in [-0.25, -0.2) is 4.98 Å². The maximum Gasteiger partial charge on any atom is 0.263 e. The van der Waals surface area contributed by atoms with E-state index in [0.717, 1.165) is 30.1 Å². The van der Waals surface area contributed by atoms with Gasteiger partial charge in [0.15, 0.2) is 0 Å². The SMILES string of the molecule is CCCC(NC(=O)c1sc(C)nc1C)C(=O)N1CCc2sccc2C1. The molecule has 0 spiro atoms. The Balaban J connectivity index is 1.71. The molecule has 1 atom stereocenters. The van der Waals surface area contributed by atoms with Crippen LogP contribution in [0.15, 0.2) is 11.4 Å². The van der Waals surface area contributed by atoms with Gasteiger partial charge in [-0.05, 0) is 43.7 Å². The van der Waals surface area contributed by atoms with Crippen LogP contribution in [0.2, 0.25) is 0 Å². The minimum atomic E-state index is -0.473. The van der Waals surface area contributed by atoms with Crippen LogP contribution in [0, 0.1) is 13.8 Å². The third kappa shape index (κ3) is 3.93. The molecule has 0 bridgehead atoms. The fourth-order valence-electron chi connectivity index (χ4n) is 3.17. The Morgan fingerprint density at radius 2 is 2.20 bits per heavy atom. The molecule has 25 heavy (non-hydrogen) atoms. The van der Waals surface area contributed by atoms with Gasteiger partial charge in [-0.2, -0.15) is 0 Å². The van der Waals surface area contributed by atoms with Gasteiger partial charge < -0.3 is 10.2 Å². The van der Waals surface area contributed by atoms with Gasteiger partial charge in [0, 0.05) is 18.0 Å². The van der Waals surface area contributed by atoms with Crippen LogP contribution in [-0.2, 0) is 17.8 Å². The van der Waals surface area contributed by atoms with Gasteiger partial charge in [0.2, 0.25) is 5.91 Å². The number of thiazole rings is 1. The maximum atomic E-state index is 13.0. The molecule has 0 saturated heterocycles. The van der Waals surface area contributed by atoms with E-state index in [1.807, 2.05) is 25.7 Å². The number of rotatable bonds is 5. The largest absolute Gasteiger partial charge is 0.339 e. The number of carbonyl (C=O) groups excluding carboxylic acids is 2. The van der Waals surface area contributed by atoms with Crippen molar-refractivity contribution in [2.45, 2.75) is 52.6 Å². The Morgan fingerprint density at radius 1 is 1.40 bits per heavy atom. The molecule has 134 valence electrons. The van der Waals surface area contributed by atoms with E-state index in [0.29, 0.717) is 17.8 Å². The molecule has 1 N–H and O–H groups in total. The molecule has 3 rings (SSSR count). The van der Waals surface area contributed by atoms with Crippen LogP contribution in [0.1, 0.15) is 50.6 Å². The highest BCUT2D eigenvalue weighted by atomic mass is 32.1. The summed E-state index contributed by atoms with van der Waals surface area (Å²) in [5, 5.41) is 5.89. The highest BCUT2D eigenvalue weighted by Gasteiger charge is 2.29. The predicted octanol–water partition coefficient (Wildman–Crippen LogP) is 3.30. The van der Waals surface area contributed by atoms with E-state index < -0.39 is 6.04 Å². The number of aromatic nitrogens is 1. The molecule has 2 aromatic heterocycles. The van der Waals surface area contributed by atoms with Gasteiger partial charge in [0.25, 0.3) is 5.91 Å². The first-order valence-corrected chi connectivity index (χ1v) is 10.3. The van der Waals surface area contributed by atoms with Crippen molar-refractivity contribution in [2.75, 3.05) is 6.54 Å². The van der Waals surface area contributed by atoms with Crippen LogP contribution >= 0.6 is 22.7 Å². The summed E-state index contributed by atoms with van der Waals surface area (Å²) in [4.78, 5) is 33.7. The van der Waals surface area contributed by atoms with Crippen molar-refractivity contribution in [1.82, 2.24) is 15.2 Å². The molecule has 7 heteroatoms. The molecular weight excluding hydrogens is 354 g/mol. The molecule has 0 fully saturated rings. The summed E-state index contributed by atoms with van der Waals surface area (Å²) in [6, 6.07) is 1.62. The van der Waals surface area contributed by atoms with E-state index in [9.17, 15) is 9.59 Å². The Kier molecular flexibility index (Phi) is 5.54. The lowest BCUT2D eigenvalue weighted by Crippen LogP contribution is -2.49. The second-order valence-electron chi connectivity index (χ2n) is 6.34. The van der Waals surface area contributed by atoms with Crippen LogP contribution in [0.4, 0.5) is 0 Å². The van der Waals surface area contributed by atoms with Crippen LogP contribution in [0.25, 0.3) is 0 Å². The minimum Gasteiger partial charge on any atom is -0.339 e. The highest BCUT2D eigenvalue weighted by Crippen LogP contribution is 2.25. The molecule has 0 aromatic carbocycles. The van der Waals surface area contributed by atoms with Crippen molar-refractivity contribution in [3.63, 3.8) is 0 Å². The fraction of sp³-hybridized carbons (Fsp3) is 0.500. The smallest absolute Gasteiger partial charge is 0.263 e. The number of carbonyl (C=O) groups is 2. The molecule has 0 aliphatic carbocycles. The zero-order valence-electron chi connectivity index (χ0n) is 14.8. The van der Waals surface area contributed by atoms with Crippen LogP contribution in [0.5, 0.6) is 0 Å². The molecule has 1 aliphatic heterocycles. The summed E-state index contributed by atoms with van der Waals surface area (Å²) >= 11 is 3.13. The Hall–Kier alpha value is -1.73. The van der Waals surface area contributed by atoms with E-state index in [-0.39, 0.29) is 11.8 Å². The number of fused-ring (bicyclic) bond motifs is 1. The predicted molar refractivity (Wildman–Crippen MR) is 101 cm³/mol. The van der Waals surface area contributed by atoms with Crippen LogP contribution in [0.3, 0.4) is 0 Å². The third-order valence-electron chi connectivity index (χ3n) is 4.41. The number of nitrogens with one attached hydrogen (secondary N) is 1. The van der Waals surface area contributed by atoms with Gasteiger partial charge in [-0.3, -0.25) is 9.59 Å². The maximum absolute atomic E-state index is 13.0. The Morgan fingerprint density at radius 3 is 2.88 bits per heavy atom. The lowest BCUT2D eigenvalue weighted by atomic mass is 10.1. The van der Waals surface area contributed by atoms with Crippen molar-refractivity contribution < 1.29 is 9.59 Å². The molecule has 2 amide bonds. The lowest BCUT2D eigenvalue weighted by Gasteiger charge is -2.30. The molecule has 0 saturated carbocycles. The minimum absolute atomic E-state index is 0.0194. The van der Waals surface area contributed by atoms with Crippen LogP contribution < -0.4 is 5.32 Å². The number of hydrogen-bond acceptors (Lipinski definition) is 5. The molecule has 1 aliphatic rings. The van der Waals surface area contributed by atoms with Gasteiger partial charge in [-0.1, -0.05) is 13.3 Å². The molecular formula is C18H23N3O2S2. The summed E-state index contributed by atoms with van der Waals surface area (Å²) in [5.41, 5.74) is 1.96. The van der Waals surface area contributed by atoms with Gasteiger partial charge >= 0.3 is 0 Å². The summed E-state index contributed by atoms with van der Waals surface area (Å²) < 4.78 is 0. The van der Waals surface area contributed by atoms with E-state index in [1.165, 1.54) is 21.8 Å². The van der Waals surface area contributed by atoms with Gasteiger partial charge in [0.1, 0.15) is 10.9 Å². The quantitative estimate of drug-likeness (QED) is 0.870. The van der Waals surface area contributed by atoms with Crippen molar-refractivity contribution in [3.8, 4) is 0 Å². The van der Waals surface area contributed by atoms with Crippen molar-refractivity contribution in [2.24, 2.45) is 0 Å². The zero-order chi connectivity index (χ0) is 18.0. The van der Waals surface area contributed by atoms with Crippen molar-refractivity contribution in [3.05, 3.63) is 37.5 Å². The molecule has 3 heterocycles. The lowest BCUT2D eigenvalue weighted by molar-refractivity contribution is -0.134. The summed E-state index contributed by atoms with van der Waals surface area (Å²) in [6.45, 7) is 7.11. The van der Waals surface area contributed by atoms with Crippen molar-refractivity contribution >= 4 is 34.5 Å². The second kappa shape index (κ2) is 7.66. The third-order valence-corrected chi connectivity index (χ3v) is 6.50. The topological polar surface area (TPSA) is 62.3 Å². The average Bonchev–Trinajstić information content (AvgIpc) is 3.18. The van der Waals surface area contributed by atoms with Gasteiger partial charge in [-0.15, -0.1) is 22.7 Å². The first kappa shape index (κ1) is 18.1. The molecule has 5 nitrogen and oxygen atoms in total. The van der Waals surface area contributed by atoms with E-state index >= 15 is 0 Å². The molecule has 0 radical (unpaired) electrons. The average molecular weight is 378 g/mol. The standard InChI is InChI=1S/C18H23N3O2S2/c1-4-5-14(20-17(22)16-11(2)19-12(3)25-16)18(23)21-8-6-15-13(10-21)7-9-24-15/h7,9,14H,4-6,8,10H2,1-3H3,(H,20,22). The monoisotopic (exact) mass is 377 g/mol. The van der Waals surface area contributed by atoms with Gasteiger partial charge in [0.05, 0.1) is 10.7 Å². The van der Waals surface area contributed by atoms with E-state index in [1.54, 1.807) is 11.3 Å². The number of amides is 2. The second-order valence-corrected chi connectivity index (χ2v) is 8.54. The number of hydrogen-bond donors (Lipinski definition) is 1. The van der Waals surface area contributed by atoms with E-state index in [4.69, 9.17) is 0 Å². The highest BCUT2D eigenvalue weighted by molar-refractivity contribution is 7.13. The normalized spacial score (nSPS) is 14.9. The van der Waals surface area contributed by atoms with Crippen LogP contribution in [-0.4, -0.2) is 34.3 Å². The summed E-state index contributed by atoms with van der Waals surface area (Å²) in [7, 11) is 0. The fourth-order valence-corrected chi connectivity index (χ4v) is 4.88. The van der Waals surface area contributed by atoms with E-state index in [2.05, 4.69) is 21.7 Å².